The van der Waals surface area contributed by atoms with Crippen LogP contribution >= 0.6 is 0 Å². The van der Waals surface area contributed by atoms with Gasteiger partial charge in [-0.15, -0.1) is 0 Å². The van der Waals surface area contributed by atoms with E-state index in [1.54, 1.807) is 0 Å². The van der Waals surface area contributed by atoms with Crippen molar-refractivity contribution in [3.63, 3.8) is 0 Å². The number of hydrogen-bond acceptors (Lipinski definition) is 3. The first kappa shape index (κ1) is 11.1. The van der Waals surface area contributed by atoms with E-state index in [0.717, 1.165) is 12.8 Å². The Hall–Kier alpha value is -1.36. The van der Waals surface area contributed by atoms with Crippen LogP contribution in [0.4, 0.5) is 0 Å². The number of carbonyl (C=O) groups excluding carboxylic acids is 1. The Bertz CT molecular complexity index is 340. The maximum absolute atomic E-state index is 12.0. The molecule has 0 aromatic carbocycles. The molecule has 2 rings (SSSR count). The number of nitrogens with zero attached hydrogens (tertiary/aromatic N) is 1. The summed E-state index contributed by atoms with van der Waals surface area (Å²) >= 11 is 0. The largest absolute Gasteiger partial charge is 0.480 e. The summed E-state index contributed by atoms with van der Waals surface area (Å²) in [6.07, 6.45) is 6.42. The predicted octanol–water partition coefficient (Wildman–Crippen LogP) is 0.108. The topological polar surface area (TPSA) is 83.6 Å². The van der Waals surface area contributed by atoms with Crippen LogP contribution in [0.5, 0.6) is 0 Å². The third-order valence-corrected chi connectivity index (χ3v) is 3.32. The van der Waals surface area contributed by atoms with E-state index in [9.17, 15) is 9.59 Å². The van der Waals surface area contributed by atoms with Crippen LogP contribution in [-0.4, -0.2) is 40.0 Å². The molecule has 5 nitrogen and oxygen atoms in total. The van der Waals surface area contributed by atoms with Gasteiger partial charge in [0, 0.05) is 6.04 Å². The van der Waals surface area contributed by atoms with Gasteiger partial charge in [0.05, 0.1) is 6.04 Å². The van der Waals surface area contributed by atoms with Crippen molar-refractivity contribution in [2.75, 3.05) is 0 Å². The monoisotopic (exact) mass is 224 g/mol. The molecular formula is C11H16N2O3. The second-order valence-corrected chi connectivity index (χ2v) is 4.38. The van der Waals surface area contributed by atoms with E-state index in [1.165, 1.54) is 4.90 Å². The quantitative estimate of drug-likeness (QED) is 0.619. The van der Waals surface area contributed by atoms with Gasteiger partial charge in [-0.3, -0.25) is 4.79 Å². The van der Waals surface area contributed by atoms with Gasteiger partial charge in [0.1, 0.15) is 6.04 Å². The van der Waals surface area contributed by atoms with Gasteiger partial charge < -0.3 is 15.7 Å². The third kappa shape index (κ3) is 1.82. The van der Waals surface area contributed by atoms with Crippen LogP contribution in [0.1, 0.15) is 25.7 Å². The van der Waals surface area contributed by atoms with E-state index in [0.29, 0.717) is 12.8 Å². The molecule has 0 spiro atoms. The summed E-state index contributed by atoms with van der Waals surface area (Å²) in [6.45, 7) is 0. The van der Waals surface area contributed by atoms with E-state index in [-0.39, 0.29) is 11.9 Å². The molecule has 1 saturated heterocycles. The molecule has 88 valence electrons. The van der Waals surface area contributed by atoms with Crippen molar-refractivity contribution in [3.05, 3.63) is 12.2 Å². The Morgan fingerprint density at radius 3 is 2.75 bits per heavy atom. The van der Waals surface area contributed by atoms with Gasteiger partial charge in [0.15, 0.2) is 0 Å². The molecule has 3 atom stereocenters. The van der Waals surface area contributed by atoms with Crippen LogP contribution in [0.15, 0.2) is 12.2 Å². The second kappa shape index (κ2) is 4.25. The normalized spacial score (nSPS) is 36.4. The molecular weight excluding hydrogens is 208 g/mol. The average molecular weight is 224 g/mol. The van der Waals surface area contributed by atoms with Crippen molar-refractivity contribution in [2.24, 2.45) is 5.73 Å². The molecule has 1 amide bonds. The van der Waals surface area contributed by atoms with E-state index in [2.05, 4.69) is 0 Å². The van der Waals surface area contributed by atoms with Crippen molar-refractivity contribution in [1.29, 1.82) is 0 Å². The number of hydrogen-bond donors (Lipinski definition) is 2. The van der Waals surface area contributed by atoms with Gasteiger partial charge in [-0.05, 0) is 25.7 Å². The fourth-order valence-electron chi connectivity index (χ4n) is 2.48. The Morgan fingerprint density at radius 1 is 1.38 bits per heavy atom. The van der Waals surface area contributed by atoms with Gasteiger partial charge in [0.25, 0.3) is 0 Å². The lowest BCUT2D eigenvalue weighted by Gasteiger charge is -2.31. The van der Waals surface area contributed by atoms with Gasteiger partial charge >= 0.3 is 5.97 Å². The molecule has 0 bridgehead atoms. The number of amides is 1. The lowest BCUT2D eigenvalue weighted by atomic mass is 10.1. The van der Waals surface area contributed by atoms with Crippen LogP contribution < -0.4 is 5.73 Å². The van der Waals surface area contributed by atoms with Gasteiger partial charge in [-0.1, -0.05) is 12.2 Å². The van der Waals surface area contributed by atoms with Gasteiger partial charge in [-0.2, -0.15) is 0 Å². The van der Waals surface area contributed by atoms with Gasteiger partial charge in [0.2, 0.25) is 5.91 Å². The number of carboxylic acid groups (broad SMARTS) is 1. The summed E-state index contributed by atoms with van der Waals surface area (Å²) in [6, 6.07) is -1.27. The van der Waals surface area contributed by atoms with Crippen LogP contribution in [0.2, 0.25) is 0 Å². The SMILES string of the molecule is NC1C/C=C\CC2CCC(C(=O)O)N2C1=O. The summed E-state index contributed by atoms with van der Waals surface area (Å²) in [7, 11) is 0. The minimum absolute atomic E-state index is 0.0104. The van der Waals surface area contributed by atoms with E-state index < -0.39 is 18.1 Å². The van der Waals surface area contributed by atoms with E-state index in [1.807, 2.05) is 12.2 Å². The highest BCUT2D eigenvalue weighted by molar-refractivity contribution is 5.88. The molecule has 3 N–H and O–H groups in total. The molecule has 1 fully saturated rings. The molecule has 0 aromatic heterocycles. The van der Waals surface area contributed by atoms with Crippen molar-refractivity contribution in [2.45, 2.75) is 43.8 Å². The van der Waals surface area contributed by atoms with Gasteiger partial charge in [-0.25, -0.2) is 4.79 Å². The molecule has 16 heavy (non-hydrogen) atoms. The smallest absolute Gasteiger partial charge is 0.326 e. The minimum Gasteiger partial charge on any atom is -0.480 e. The fraction of sp³-hybridized carbons (Fsp3) is 0.636. The van der Waals surface area contributed by atoms with Crippen LogP contribution in [0, 0.1) is 0 Å². The zero-order valence-electron chi connectivity index (χ0n) is 9.00. The zero-order chi connectivity index (χ0) is 11.7. The first-order chi connectivity index (χ1) is 7.61. The highest BCUT2D eigenvalue weighted by Gasteiger charge is 2.42. The number of aliphatic carboxylic acids is 1. The number of rotatable bonds is 1. The summed E-state index contributed by atoms with van der Waals surface area (Å²) in [5, 5.41) is 9.07. The second-order valence-electron chi connectivity index (χ2n) is 4.38. The van der Waals surface area contributed by atoms with Crippen LogP contribution in [-0.2, 0) is 9.59 Å². The molecule has 3 unspecified atom stereocenters. The highest BCUT2D eigenvalue weighted by atomic mass is 16.4. The lowest BCUT2D eigenvalue weighted by molar-refractivity contribution is -0.150. The first-order valence-corrected chi connectivity index (χ1v) is 5.57. The maximum Gasteiger partial charge on any atom is 0.326 e. The van der Waals surface area contributed by atoms with E-state index >= 15 is 0 Å². The summed E-state index contributed by atoms with van der Waals surface area (Å²) in [5.74, 6) is -1.15. The van der Waals surface area contributed by atoms with Crippen molar-refractivity contribution < 1.29 is 14.7 Å². The molecule has 5 heteroatoms. The maximum atomic E-state index is 12.0. The Morgan fingerprint density at radius 2 is 2.06 bits per heavy atom. The molecule has 0 saturated carbocycles. The third-order valence-electron chi connectivity index (χ3n) is 3.32. The van der Waals surface area contributed by atoms with Crippen LogP contribution in [0.25, 0.3) is 0 Å². The standard InChI is InChI=1S/C11H16N2O3/c12-8-4-2-1-3-7-5-6-9(11(15)16)13(7)10(8)14/h1-2,7-9H,3-6,12H2,(H,15,16)/b2-1-. The van der Waals surface area contributed by atoms with Crippen LogP contribution in [0.3, 0.4) is 0 Å². The Labute approximate surface area is 93.9 Å². The summed E-state index contributed by atoms with van der Waals surface area (Å²) in [5.41, 5.74) is 5.73. The molecule has 0 radical (unpaired) electrons. The fourth-order valence-corrected chi connectivity index (χ4v) is 2.48. The highest BCUT2D eigenvalue weighted by Crippen LogP contribution is 2.29. The Kier molecular flexibility index (Phi) is 2.96. The number of carboxylic acids is 1. The predicted molar refractivity (Wildman–Crippen MR) is 57.6 cm³/mol. The molecule has 2 aliphatic heterocycles. The number of carbonyl (C=O) groups is 2. The number of fused-ring (bicyclic) bond motifs is 1. The molecule has 2 heterocycles. The molecule has 0 aromatic rings. The number of nitrogens with two attached hydrogens (primary N) is 1. The van der Waals surface area contributed by atoms with Crippen molar-refractivity contribution >= 4 is 11.9 Å². The Balaban J connectivity index is 2.26. The average Bonchev–Trinajstić information content (AvgIpc) is 2.64. The summed E-state index contributed by atoms with van der Waals surface area (Å²) in [4.78, 5) is 24.5. The molecule has 2 aliphatic rings. The lowest BCUT2D eigenvalue weighted by Crippen LogP contribution is -2.52. The minimum atomic E-state index is -0.924. The van der Waals surface area contributed by atoms with Crippen molar-refractivity contribution in [3.8, 4) is 0 Å². The van der Waals surface area contributed by atoms with E-state index in [4.69, 9.17) is 10.8 Å². The van der Waals surface area contributed by atoms with Crippen molar-refractivity contribution in [1.82, 2.24) is 4.90 Å². The zero-order valence-corrected chi connectivity index (χ0v) is 9.00. The first-order valence-electron chi connectivity index (χ1n) is 5.57. The summed E-state index contributed by atoms with van der Waals surface area (Å²) < 4.78 is 0. The molecule has 0 aliphatic carbocycles.